The number of nitrogens with one attached hydrogen (secondary N) is 3. The molecule has 0 saturated carbocycles. The highest BCUT2D eigenvalue weighted by Crippen LogP contribution is 2.11. The summed E-state index contributed by atoms with van der Waals surface area (Å²) in [5.74, 6) is -1.50. The quantitative estimate of drug-likeness (QED) is 0.474. The number of amides is 2. The van der Waals surface area contributed by atoms with Crippen molar-refractivity contribution in [2.45, 2.75) is 51.6 Å². The van der Waals surface area contributed by atoms with E-state index in [1.807, 2.05) is 20.8 Å². The van der Waals surface area contributed by atoms with Crippen LogP contribution >= 0.6 is 0 Å². The van der Waals surface area contributed by atoms with Gasteiger partial charge in [0.05, 0.1) is 4.90 Å². The maximum atomic E-state index is 12.1. The highest BCUT2D eigenvalue weighted by Gasteiger charge is 2.17. The Labute approximate surface area is 171 Å². The molecule has 0 spiro atoms. The van der Waals surface area contributed by atoms with Gasteiger partial charge in [0.25, 0.3) is 11.8 Å². The Bertz CT molecular complexity index is 819. The van der Waals surface area contributed by atoms with Crippen LogP contribution in [0.2, 0.25) is 0 Å². The Balaban J connectivity index is 2.50. The Hall–Kier alpha value is -2.46. The largest absolute Gasteiger partial charge is 0.454 e. The van der Waals surface area contributed by atoms with Crippen molar-refractivity contribution < 1.29 is 27.5 Å². The molecule has 3 N–H and O–H groups in total. The predicted octanol–water partition coefficient (Wildman–Crippen LogP) is 0.807. The highest BCUT2D eigenvalue weighted by molar-refractivity contribution is 7.89. The fourth-order valence-corrected chi connectivity index (χ4v) is 3.33. The standard InChI is InChI=1S/C19H29N3O6S/c1-12(2)14(5)21-17(23)11-28-18(24)10-20-19(25)15-6-8-16(9-7-15)29(26,27)22-13(3)4/h6-9,12-14,22H,10-11H2,1-5H3,(H,20,25)(H,21,23)/t14-/m0/s1. The molecular formula is C19H29N3O6S. The van der Waals surface area contributed by atoms with Crippen LogP contribution in [0.1, 0.15) is 45.0 Å². The van der Waals surface area contributed by atoms with Crippen molar-refractivity contribution in [2.75, 3.05) is 13.2 Å². The van der Waals surface area contributed by atoms with Crippen LogP contribution in [0.4, 0.5) is 0 Å². The minimum absolute atomic E-state index is 0.0313. The van der Waals surface area contributed by atoms with Gasteiger partial charge in [-0.3, -0.25) is 14.4 Å². The van der Waals surface area contributed by atoms with E-state index < -0.39 is 41.0 Å². The number of sulfonamides is 1. The number of carbonyl (C=O) groups is 3. The van der Waals surface area contributed by atoms with Gasteiger partial charge >= 0.3 is 5.97 Å². The van der Waals surface area contributed by atoms with Gasteiger partial charge in [-0.1, -0.05) is 13.8 Å². The SMILES string of the molecule is CC(C)NS(=O)(=O)c1ccc(C(=O)NCC(=O)OCC(=O)N[C@@H](C)C(C)C)cc1. The predicted molar refractivity (Wildman–Crippen MR) is 108 cm³/mol. The summed E-state index contributed by atoms with van der Waals surface area (Å²) in [4.78, 5) is 35.5. The maximum Gasteiger partial charge on any atom is 0.325 e. The minimum Gasteiger partial charge on any atom is -0.454 e. The summed E-state index contributed by atoms with van der Waals surface area (Å²) in [5, 5.41) is 5.06. The molecule has 0 aliphatic carbocycles. The summed E-state index contributed by atoms with van der Waals surface area (Å²) in [6, 6.07) is 4.98. The molecule has 0 unspecified atom stereocenters. The average Bonchev–Trinajstić information content (AvgIpc) is 2.63. The first-order valence-electron chi connectivity index (χ1n) is 9.28. The number of rotatable bonds is 10. The second kappa shape index (κ2) is 10.9. The molecule has 0 fully saturated rings. The van der Waals surface area contributed by atoms with Crippen LogP contribution in [0.25, 0.3) is 0 Å². The number of carbonyl (C=O) groups excluding carboxylic acids is 3. The molecule has 29 heavy (non-hydrogen) atoms. The maximum absolute atomic E-state index is 12.1. The van der Waals surface area contributed by atoms with E-state index in [9.17, 15) is 22.8 Å². The van der Waals surface area contributed by atoms with Crippen molar-refractivity contribution in [3.8, 4) is 0 Å². The number of esters is 1. The molecule has 1 atom stereocenters. The first-order valence-corrected chi connectivity index (χ1v) is 10.8. The lowest BCUT2D eigenvalue weighted by Gasteiger charge is -2.17. The second-order valence-electron chi connectivity index (χ2n) is 7.24. The van der Waals surface area contributed by atoms with Gasteiger partial charge in [0, 0.05) is 17.6 Å². The van der Waals surface area contributed by atoms with Crippen molar-refractivity contribution in [3.05, 3.63) is 29.8 Å². The zero-order chi connectivity index (χ0) is 22.2. The van der Waals surface area contributed by atoms with Crippen LogP contribution in [0, 0.1) is 5.92 Å². The van der Waals surface area contributed by atoms with Crippen molar-refractivity contribution >= 4 is 27.8 Å². The summed E-state index contributed by atoms with van der Waals surface area (Å²) < 4.78 is 31.4. The van der Waals surface area contributed by atoms with E-state index in [2.05, 4.69) is 15.4 Å². The van der Waals surface area contributed by atoms with E-state index in [0.29, 0.717) is 0 Å². The summed E-state index contributed by atoms with van der Waals surface area (Å²) >= 11 is 0. The highest BCUT2D eigenvalue weighted by atomic mass is 32.2. The van der Waals surface area contributed by atoms with Gasteiger partial charge in [0.2, 0.25) is 10.0 Å². The van der Waals surface area contributed by atoms with Crippen molar-refractivity contribution in [1.82, 2.24) is 15.4 Å². The zero-order valence-corrected chi connectivity index (χ0v) is 18.1. The van der Waals surface area contributed by atoms with Gasteiger partial charge in [-0.25, -0.2) is 13.1 Å². The fourth-order valence-electron chi connectivity index (χ4n) is 2.08. The van der Waals surface area contributed by atoms with E-state index >= 15 is 0 Å². The molecule has 0 aliphatic heterocycles. The summed E-state index contributed by atoms with van der Waals surface area (Å²) in [5.41, 5.74) is 0.185. The van der Waals surface area contributed by atoms with Crippen LogP contribution in [0.5, 0.6) is 0 Å². The zero-order valence-electron chi connectivity index (χ0n) is 17.3. The monoisotopic (exact) mass is 427 g/mol. The first kappa shape index (κ1) is 24.6. The molecule has 0 saturated heterocycles. The van der Waals surface area contributed by atoms with Gasteiger partial charge < -0.3 is 15.4 Å². The Morgan fingerprint density at radius 3 is 2.10 bits per heavy atom. The molecule has 0 heterocycles. The lowest BCUT2D eigenvalue weighted by atomic mass is 10.1. The molecule has 9 nitrogen and oxygen atoms in total. The van der Waals surface area contributed by atoms with E-state index in [1.54, 1.807) is 13.8 Å². The third kappa shape index (κ3) is 8.61. The number of benzene rings is 1. The Morgan fingerprint density at radius 2 is 1.59 bits per heavy atom. The molecule has 0 radical (unpaired) electrons. The third-order valence-electron chi connectivity index (χ3n) is 3.96. The molecule has 2 amide bonds. The molecule has 1 rings (SSSR count). The molecule has 1 aromatic rings. The van der Waals surface area contributed by atoms with Gasteiger partial charge in [-0.05, 0) is 51.0 Å². The second-order valence-corrected chi connectivity index (χ2v) is 8.96. The fraction of sp³-hybridized carbons (Fsp3) is 0.526. The molecule has 1 aromatic carbocycles. The van der Waals surface area contributed by atoms with Crippen molar-refractivity contribution in [2.24, 2.45) is 5.92 Å². The Morgan fingerprint density at radius 1 is 1.00 bits per heavy atom. The van der Waals surface area contributed by atoms with Gasteiger partial charge in [-0.2, -0.15) is 0 Å². The number of ether oxygens (including phenoxy) is 1. The van der Waals surface area contributed by atoms with Crippen LogP contribution in [0.15, 0.2) is 29.2 Å². The van der Waals surface area contributed by atoms with E-state index in [1.165, 1.54) is 24.3 Å². The van der Waals surface area contributed by atoms with Crippen LogP contribution in [-0.4, -0.2) is 51.4 Å². The van der Waals surface area contributed by atoms with Gasteiger partial charge in [0.1, 0.15) is 6.54 Å². The van der Waals surface area contributed by atoms with E-state index in [4.69, 9.17) is 4.74 Å². The smallest absolute Gasteiger partial charge is 0.325 e. The molecule has 0 aromatic heterocycles. The Kier molecular flexibility index (Phi) is 9.25. The normalized spacial score (nSPS) is 12.5. The van der Waals surface area contributed by atoms with Crippen LogP contribution < -0.4 is 15.4 Å². The number of hydrogen-bond acceptors (Lipinski definition) is 6. The molecule has 162 valence electrons. The lowest BCUT2D eigenvalue weighted by molar-refractivity contribution is -0.147. The number of hydrogen-bond donors (Lipinski definition) is 3. The van der Waals surface area contributed by atoms with Crippen LogP contribution in [0.3, 0.4) is 0 Å². The first-order chi connectivity index (χ1) is 13.4. The molecule has 10 heteroatoms. The van der Waals surface area contributed by atoms with Crippen molar-refractivity contribution in [3.63, 3.8) is 0 Å². The van der Waals surface area contributed by atoms with E-state index in [-0.39, 0.29) is 28.5 Å². The third-order valence-corrected chi connectivity index (χ3v) is 5.64. The summed E-state index contributed by atoms with van der Waals surface area (Å²) in [6.07, 6.45) is 0. The molecule has 0 aliphatic rings. The van der Waals surface area contributed by atoms with E-state index in [0.717, 1.165) is 0 Å². The lowest BCUT2D eigenvalue weighted by Crippen LogP contribution is -2.39. The topological polar surface area (TPSA) is 131 Å². The summed E-state index contributed by atoms with van der Waals surface area (Å²) in [6.45, 7) is 8.31. The minimum atomic E-state index is -3.65. The van der Waals surface area contributed by atoms with Crippen molar-refractivity contribution in [1.29, 1.82) is 0 Å². The average molecular weight is 428 g/mol. The molecular weight excluding hydrogens is 398 g/mol. The van der Waals surface area contributed by atoms with Crippen LogP contribution in [-0.2, 0) is 24.3 Å². The summed E-state index contributed by atoms with van der Waals surface area (Å²) in [7, 11) is -3.65. The van der Waals surface area contributed by atoms with Gasteiger partial charge in [-0.15, -0.1) is 0 Å². The van der Waals surface area contributed by atoms with Gasteiger partial charge in [0.15, 0.2) is 6.61 Å². The molecule has 0 bridgehead atoms.